The Morgan fingerprint density at radius 2 is 1.81 bits per heavy atom. The third kappa shape index (κ3) is 3.25. The van der Waals surface area contributed by atoms with Crippen LogP contribution < -0.4 is 4.90 Å². The summed E-state index contributed by atoms with van der Waals surface area (Å²) in [5, 5.41) is 11.1. The molecule has 7 nitrogen and oxygen atoms in total. The molecule has 0 aliphatic carbocycles. The molecule has 0 aromatic heterocycles. The first kappa shape index (κ1) is 17.9. The molecule has 8 heteroatoms. The summed E-state index contributed by atoms with van der Waals surface area (Å²) in [6.07, 6.45) is 0. The summed E-state index contributed by atoms with van der Waals surface area (Å²) >= 11 is 6.09. The lowest BCUT2D eigenvalue weighted by Crippen LogP contribution is -2.57. The molecule has 0 bridgehead atoms. The first-order valence-electron chi connectivity index (χ1n) is 8.01. The number of benzene rings is 2. The van der Waals surface area contributed by atoms with Gasteiger partial charge in [0.1, 0.15) is 6.04 Å². The maximum atomic E-state index is 12.7. The zero-order valence-corrected chi connectivity index (χ0v) is 14.7. The lowest BCUT2D eigenvalue weighted by molar-refractivity contribution is -0.384. The second kappa shape index (κ2) is 7.13. The summed E-state index contributed by atoms with van der Waals surface area (Å²) in [6.45, 7) is 2.31. The number of nitro benzene ring substituents is 1. The second-order valence-corrected chi connectivity index (χ2v) is 6.32. The normalized spacial score (nSPS) is 17.3. The van der Waals surface area contributed by atoms with E-state index >= 15 is 0 Å². The number of anilines is 1. The molecule has 1 saturated heterocycles. The molecule has 2 aromatic carbocycles. The Bertz CT molecular complexity index is 869. The van der Waals surface area contributed by atoms with E-state index in [4.69, 9.17) is 11.6 Å². The van der Waals surface area contributed by atoms with Crippen molar-refractivity contribution in [3.63, 3.8) is 0 Å². The van der Waals surface area contributed by atoms with Gasteiger partial charge in [0, 0.05) is 30.9 Å². The average Bonchev–Trinajstić information content (AvgIpc) is 2.64. The van der Waals surface area contributed by atoms with Crippen LogP contribution in [0.25, 0.3) is 0 Å². The summed E-state index contributed by atoms with van der Waals surface area (Å²) < 4.78 is 0. The van der Waals surface area contributed by atoms with Crippen molar-refractivity contribution in [3.8, 4) is 0 Å². The molecular formula is C18H16ClN3O4. The van der Waals surface area contributed by atoms with Gasteiger partial charge in [-0.05, 0) is 31.2 Å². The molecule has 26 heavy (non-hydrogen) atoms. The van der Waals surface area contributed by atoms with Gasteiger partial charge < -0.3 is 9.80 Å². The van der Waals surface area contributed by atoms with Crippen LogP contribution in [0.15, 0.2) is 48.5 Å². The molecule has 0 spiro atoms. The van der Waals surface area contributed by atoms with Gasteiger partial charge in [-0.2, -0.15) is 0 Å². The quantitative estimate of drug-likeness (QED) is 0.611. The smallest absolute Gasteiger partial charge is 0.269 e. The SMILES string of the molecule is CC1C(=O)N(c2ccc([N+](=O)[O-])cc2)CCN1C(=O)c1ccccc1Cl. The zero-order valence-electron chi connectivity index (χ0n) is 14.0. The summed E-state index contributed by atoms with van der Waals surface area (Å²) in [5.74, 6) is -0.537. The Kier molecular flexibility index (Phi) is 4.90. The lowest BCUT2D eigenvalue weighted by Gasteiger charge is -2.39. The summed E-state index contributed by atoms with van der Waals surface area (Å²) in [4.78, 5) is 38.8. The number of amides is 2. The minimum absolute atomic E-state index is 0.0400. The van der Waals surface area contributed by atoms with Crippen molar-refractivity contribution in [2.75, 3.05) is 18.0 Å². The van der Waals surface area contributed by atoms with Gasteiger partial charge in [-0.15, -0.1) is 0 Å². The molecule has 3 rings (SSSR count). The predicted molar refractivity (Wildman–Crippen MR) is 97.4 cm³/mol. The van der Waals surface area contributed by atoms with E-state index in [1.807, 2.05) is 0 Å². The monoisotopic (exact) mass is 373 g/mol. The molecule has 1 heterocycles. The number of nitrogens with zero attached hydrogens (tertiary/aromatic N) is 3. The Morgan fingerprint density at radius 3 is 2.42 bits per heavy atom. The fraction of sp³-hybridized carbons (Fsp3) is 0.222. The maximum absolute atomic E-state index is 12.7. The number of halogens is 1. The Balaban J connectivity index is 1.79. The zero-order chi connectivity index (χ0) is 18.8. The van der Waals surface area contributed by atoms with Gasteiger partial charge in [-0.1, -0.05) is 23.7 Å². The van der Waals surface area contributed by atoms with Gasteiger partial charge >= 0.3 is 0 Å². The molecule has 1 aliphatic heterocycles. The van der Waals surface area contributed by atoms with Gasteiger partial charge in [0.15, 0.2) is 0 Å². The number of nitro groups is 1. The molecular weight excluding hydrogens is 358 g/mol. The highest BCUT2D eigenvalue weighted by molar-refractivity contribution is 6.33. The van der Waals surface area contributed by atoms with Crippen LogP contribution in [-0.4, -0.2) is 40.8 Å². The molecule has 0 N–H and O–H groups in total. The fourth-order valence-electron chi connectivity index (χ4n) is 2.95. The van der Waals surface area contributed by atoms with Gasteiger partial charge in [0.2, 0.25) is 5.91 Å². The van der Waals surface area contributed by atoms with Gasteiger partial charge in [0.05, 0.1) is 15.5 Å². The van der Waals surface area contributed by atoms with E-state index < -0.39 is 11.0 Å². The molecule has 0 saturated carbocycles. The van der Waals surface area contributed by atoms with Crippen LogP contribution >= 0.6 is 11.6 Å². The van der Waals surface area contributed by atoms with Crippen molar-refractivity contribution >= 4 is 34.8 Å². The third-order valence-corrected chi connectivity index (χ3v) is 4.72. The number of carbonyl (C=O) groups is 2. The van der Waals surface area contributed by atoms with Crippen LogP contribution in [0.2, 0.25) is 5.02 Å². The third-order valence-electron chi connectivity index (χ3n) is 4.39. The van der Waals surface area contributed by atoms with E-state index in [1.54, 1.807) is 31.2 Å². The molecule has 2 aromatic rings. The molecule has 0 radical (unpaired) electrons. The van der Waals surface area contributed by atoms with Crippen LogP contribution in [0, 0.1) is 10.1 Å². The van der Waals surface area contributed by atoms with E-state index in [2.05, 4.69) is 0 Å². The largest absolute Gasteiger partial charge is 0.325 e. The Labute approximate surface area is 154 Å². The van der Waals surface area contributed by atoms with E-state index in [-0.39, 0.29) is 17.5 Å². The van der Waals surface area contributed by atoms with Gasteiger partial charge in [-0.25, -0.2) is 0 Å². The van der Waals surface area contributed by atoms with Crippen LogP contribution in [0.4, 0.5) is 11.4 Å². The van der Waals surface area contributed by atoms with Gasteiger partial charge in [-0.3, -0.25) is 19.7 Å². The van der Waals surface area contributed by atoms with Crippen molar-refractivity contribution in [2.24, 2.45) is 0 Å². The number of piperazine rings is 1. The van der Waals surface area contributed by atoms with Crippen molar-refractivity contribution in [2.45, 2.75) is 13.0 Å². The second-order valence-electron chi connectivity index (χ2n) is 5.92. The number of rotatable bonds is 3. The summed E-state index contributed by atoms with van der Waals surface area (Å²) in [7, 11) is 0. The highest BCUT2D eigenvalue weighted by Gasteiger charge is 2.35. The molecule has 134 valence electrons. The first-order chi connectivity index (χ1) is 12.4. The van der Waals surface area contributed by atoms with Crippen LogP contribution in [0.5, 0.6) is 0 Å². The maximum Gasteiger partial charge on any atom is 0.269 e. The standard InChI is InChI=1S/C18H16ClN3O4/c1-12-17(23)21(13-6-8-14(9-7-13)22(25)26)11-10-20(12)18(24)15-4-2-3-5-16(15)19/h2-9,12H,10-11H2,1H3. The van der Waals surface area contributed by atoms with Crippen molar-refractivity contribution in [1.29, 1.82) is 0 Å². The molecule has 2 amide bonds. The van der Waals surface area contributed by atoms with Crippen LogP contribution in [0.1, 0.15) is 17.3 Å². The number of non-ortho nitro benzene ring substituents is 1. The predicted octanol–water partition coefficient (Wildman–Crippen LogP) is 3.13. The van der Waals surface area contributed by atoms with E-state index in [0.717, 1.165) is 0 Å². The van der Waals surface area contributed by atoms with Crippen molar-refractivity contribution < 1.29 is 14.5 Å². The van der Waals surface area contributed by atoms with Crippen LogP contribution in [-0.2, 0) is 4.79 Å². The summed E-state index contributed by atoms with van der Waals surface area (Å²) in [5.41, 5.74) is 0.886. The Morgan fingerprint density at radius 1 is 1.15 bits per heavy atom. The highest BCUT2D eigenvalue weighted by Crippen LogP contribution is 2.25. The van der Waals surface area contributed by atoms with Gasteiger partial charge in [0.25, 0.3) is 11.6 Å². The minimum Gasteiger partial charge on any atom is -0.325 e. The molecule has 1 atom stereocenters. The molecule has 1 fully saturated rings. The van der Waals surface area contributed by atoms with E-state index in [1.165, 1.54) is 34.1 Å². The van der Waals surface area contributed by atoms with E-state index in [0.29, 0.717) is 29.4 Å². The highest BCUT2D eigenvalue weighted by atomic mass is 35.5. The number of hydrogen-bond donors (Lipinski definition) is 0. The minimum atomic E-state index is -0.664. The number of carbonyl (C=O) groups excluding carboxylic acids is 2. The Hall–Kier alpha value is -2.93. The lowest BCUT2D eigenvalue weighted by atomic mass is 10.1. The molecule has 1 unspecified atom stereocenters. The number of hydrogen-bond acceptors (Lipinski definition) is 4. The fourth-order valence-corrected chi connectivity index (χ4v) is 3.16. The van der Waals surface area contributed by atoms with Crippen molar-refractivity contribution in [1.82, 2.24) is 4.90 Å². The van der Waals surface area contributed by atoms with E-state index in [9.17, 15) is 19.7 Å². The average molecular weight is 374 g/mol. The van der Waals surface area contributed by atoms with Crippen molar-refractivity contribution in [3.05, 3.63) is 69.2 Å². The molecule has 1 aliphatic rings. The first-order valence-corrected chi connectivity index (χ1v) is 8.39. The van der Waals surface area contributed by atoms with Crippen LogP contribution in [0.3, 0.4) is 0 Å². The topological polar surface area (TPSA) is 83.8 Å². The summed E-state index contributed by atoms with van der Waals surface area (Å²) in [6, 6.07) is 11.8.